The van der Waals surface area contributed by atoms with Crippen LogP contribution in [0.2, 0.25) is 0 Å². The zero-order valence-electron chi connectivity index (χ0n) is 12.2. The van der Waals surface area contributed by atoms with Crippen LogP contribution in [0.5, 0.6) is 0 Å². The van der Waals surface area contributed by atoms with Crippen LogP contribution < -0.4 is 10.2 Å². The molecule has 1 aliphatic rings. The number of rotatable bonds is 3. The fourth-order valence-corrected chi connectivity index (χ4v) is 3.03. The van der Waals surface area contributed by atoms with Crippen LogP contribution in [-0.2, 0) is 6.54 Å². The molecule has 0 bridgehead atoms. The summed E-state index contributed by atoms with van der Waals surface area (Å²) in [4.78, 5) is 8.33. The van der Waals surface area contributed by atoms with Gasteiger partial charge >= 0.3 is 0 Å². The molecule has 1 N–H and O–H groups in total. The highest BCUT2D eigenvalue weighted by atomic mass is 32.1. The molecule has 2 rings (SSSR count). The summed E-state index contributed by atoms with van der Waals surface area (Å²) in [5.74, 6) is 1.56. The highest BCUT2D eigenvalue weighted by molar-refractivity contribution is 7.15. The van der Waals surface area contributed by atoms with Crippen LogP contribution >= 0.6 is 11.3 Å². The SMILES string of the molecule is CC1CN(c2ncc(CNC(C)(C)C)s2)CC1C. The zero-order valence-corrected chi connectivity index (χ0v) is 13.0. The lowest BCUT2D eigenvalue weighted by atomic mass is 10.0. The van der Waals surface area contributed by atoms with E-state index in [0.29, 0.717) is 0 Å². The summed E-state index contributed by atoms with van der Waals surface area (Å²) < 4.78 is 0. The van der Waals surface area contributed by atoms with E-state index in [2.05, 4.69) is 49.8 Å². The highest BCUT2D eigenvalue weighted by Gasteiger charge is 2.27. The molecule has 1 aliphatic heterocycles. The van der Waals surface area contributed by atoms with Crippen molar-refractivity contribution in [2.45, 2.75) is 46.7 Å². The van der Waals surface area contributed by atoms with Gasteiger partial charge in [-0.3, -0.25) is 0 Å². The van der Waals surface area contributed by atoms with Crippen molar-refractivity contribution in [3.63, 3.8) is 0 Å². The third-order valence-electron chi connectivity index (χ3n) is 3.59. The topological polar surface area (TPSA) is 28.2 Å². The van der Waals surface area contributed by atoms with Gasteiger partial charge in [-0.15, -0.1) is 11.3 Å². The summed E-state index contributed by atoms with van der Waals surface area (Å²) >= 11 is 1.83. The molecule has 102 valence electrons. The molecule has 0 amide bonds. The Hall–Kier alpha value is -0.610. The van der Waals surface area contributed by atoms with Gasteiger partial charge in [-0.2, -0.15) is 0 Å². The molecular formula is C14H25N3S. The minimum atomic E-state index is 0.167. The van der Waals surface area contributed by atoms with Crippen molar-refractivity contribution in [2.75, 3.05) is 18.0 Å². The number of thiazole rings is 1. The van der Waals surface area contributed by atoms with Gasteiger partial charge in [-0.05, 0) is 32.6 Å². The zero-order chi connectivity index (χ0) is 13.3. The molecule has 0 spiro atoms. The lowest BCUT2D eigenvalue weighted by molar-refractivity contribution is 0.426. The van der Waals surface area contributed by atoms with E-state index in [1.54, 1.807) is 0 Å². The quantitative estimate of drug-likeness (QED) is 0.912. The largest absolute Gasteiger partial charge is 0.348 e. The van der Waals surface area contributed by atoms with Crippen LogP contribution in [0.3, 0.4) is 0 Å². The van der Waals surface area contributed by atoms with Crippen molar-refractivity contribution in [2.24, 2.45) is 11.8 Å². The van der Waals surface area contributed by atoms with Gasteiger partial charge in [0.05, 0.1) is 0 Å². The van der Waals surface area contributed by atoms with Crippen molar-refractivity contribution in [1.29, 1.82) is 0 Å². The summed E-state index contributed by atoms with van der Waals surface area (Å²) in [6.45, 7) is 14.5. The third kappa shape index (κ3) is 3.45. The van der Waals surface area contributed by atoms with Crippen molar-refractivity contribution >= 4 is 16.5 Å². The summed E-state index contributed by atoms with van der Waals surface area (Å²) in [6.07, 6.45) is 2.02. The Morgan fingerprint density at radius 2 is 1.94 bits per heavy atom. The van der Waals surface area contributed by atoms with Crippen LogP contribution in [0, 0.1) is 11.8 Å². The molecule has 0 aromatic carbocycles. The third-order valence-corrected chi connectivity index (χ3v) is 4.65. The molecule has 1 aromatic rings. The van der Waals surface area contributed by atoms with Gasteiger partial charge in [-0.1, -0.05) is 13.8 Å². The monoisotopic (exact) mass is 267 g/mol. The molecule has 1 fully saturated rings. The van der Waals surface area contributed by atoms with Crippen LogP contribution in [-0.4, -0.2) is 23.6 Å². The van der Waals surface area contributed by atoms with Gasteiger partial charge in [0.1, 0.15) is 0 Å². The first kappa shape index (κ1) is 13.8. The van der Waals surface area contributed by atoms with Crippen LogP contribution in [0.4, 0.5) is 5.13 Å². The molecule has 2 heterocycles. The van der Waals surface area contributed by atoms with Crippen molar-refractivity contribution < 1.29 is 0 Å². The molecule has 0 radical (unpaired) electrons. The summed E-state index contributed by atoms with van der Waals surface area (Å²) in [7, 11) is 0. The average Bonchev–Trinajstić information content (AvgIpc) is 2.83. The fourth-order valence-electron chi connectivity index (χ4n) is 2.16. The fraction of sp³-hybridized carbons (Fsp3) is 0.786. The van der Waals surface area contributed by atoms with Crippen LogP contribution in [0.1, 0.15) is 39.5 Å². The Kier molecular flexibility index (Phi) is 3.97. The first-order valence-corrected chi connectivity index (χ1v) is 7.61. The van der Waals surface area contributed by atoms with Crippen molar-refractivity contribution in [1.82, 2.24) is 10.3 Å². The highest BCUT2D eigenvalue weighted by Crippen LogP contribution is 2.30. The minimum Gasteiger partial charge on any atom is -0.348 e. The van der Waals surface area contributed by atoms with E-state index in [1.807, 2.05) is 17.5 Å². The molecule has 1 aromatic heterocycles. The summed E-state index contributed by atoms with van der Waals surface area (Å²) in [5.41, 5.74) is 0.167. The van der Waals surface area contributed by atoms with E-state index < -0.39 is 0 Å². The molecule has 18 heavy (non-hydrogen) atoms. The molecule has 4 heteroatoms. The van der Waals surface area contributed by atoms with Gasteiger partial charge in [0.25, 0.3) is 0 Å². The van der Waals surface area contributed by atoms with Gasteiger partial charge < -0.3 is 10.2 Å². The molecule has 2 atom stereocenters. The van der Waals surface area contributed by atoms with E-state index in [-0.39, 0.29) is 5.54 Å². The molecule has 0 saturated carbocycles. The Bertz CT molecular complexity index is 384. The second-order valence-electron chi connectivity index (χ2n) is 6.57. The number of hydrogen-bond acceptors (Lipinski definition) is 4. The summed E-state index contributed by atoms with van der Waals surface area (Å²) in [5, 5.41) is 4.70. The predicted molar refractivity (Wildman–Crippen MR) is 79.2 cm³/mol. The van der Waals surface area contributed by atoms with E-state index in [9.17, 15) is 0 Å². The summed E-state index contributed by atoms with van der Waals surface area (Å²) in [6, 6.07) is 0. The molecule has 3 nitrogen and oxygen atoms in total. The maximum atomic E-state index is 4.57. The number of nitrogens with zero attached hydrogens (tertiary/aromatic N) is 2. The van der Waals surface area contributed by atoms with Crippen molar-refractivity contribution in [3.8, 4) is 0 Å². The van der Waals surface area contributed by atoms with E-state index in [1.165, 1.54) is 10.0 Å². The maximum Gasteiger partial charge on any atom is 0.185 e. The second kappa shape index (κ2) is 5.17. The van der Waals surface area contributed by atoms with Gasteiger partial charge in [0.15, 0.2) is 5.13 Å². The Balaban J connectivity index is 1.94. The lowest BCUT2D eigenvalue weighted by Crippen LogP contribution is -2.34. The van der Waals surface area contributed by atoms with Gasteiger partial charge in [-0.25, -0.2) is 4.98 Å². The number of aromatic nitrogens is 1. The minimum absolute atomic E-state index is 0.167. The second-order valence-corrected chi connectivity index (χ2v) is 7.67. The van der Waals surface area contributed by atoms with Crippen LogP contribution in [0.25, 0.3) is 0 Å². The smallest absolute Gasteiger partial charge is 0.185 e. The van der Waals surface area contributed by atoms with Gasteiger partial charge in [0, 0.05) is 36.2 Å². The molecule has 1 saturated heterocycles. The average molecular weight is 267 g/mol. The Morgan fingerprint density at radius 3 is 2.50 bits per heavy atom. The lowest BCUT2D eigenvalue weighted by Gasteiger charge is -2.19. The first-order chi connectivity index (χ1) is 8.35. The first-order valence-electron chi connectivity index (χ1n) is 6.80. The predicted octanol–water partition coefficient (Wildman–Crippen LogP) is 3.12. The Morgan fingerprint density at radius 1 is 1.33 bits per heavy atom. The van der Waals surface area contributed by atoms with E-state index >= 15 is 0 Å². The Labute approximate surface area is 115 Å². The van der Waals surface area contributed by atoms with Crippen molar-refractivity contribution in [3.05, 3.63) is 11.1 Å². The standard InChI is InChI=1S/C14H25N3S/c1-10-8-17(9-11(10)2)13-15-6-12(18-13)7-16-14(3,4)5/h6,10-11,16H,7-9H2,1-5H3. The number of nitrogens with one attached hydrogen (secondary N) is 1. The van der Waals surface area contributed by atoms with Gasteiger partial charge in [0.2, 0.25) is 0 Å². The normalized spacial score (nSPS) is 24.8. The van der Waals surface area contributed by atoms with Crippen LogP contribution in [0.15, 0.2) is 6.20 Å². The molecular weight excluding hydrogens is 242 g/mol. The molecule has 2 unspecified atom stereocenters. The number of anilines is 1. The van der Waals surface area contributed by atoms with E-state index in [4.69, 9.17) is 0 Å². The van der Waals surface area contributed by atoms with E-state index in [0.717, 1.165) is 31.5 Å². The maximum absolute atomic E-state index is 4.57. The molecule has 0 aliphatic carbocycles. The number of hydrogen-bond donors (Lipinski definition) is 1.